The van der Waals surface area contributed by atoms with Crippen LogP contribution in [-0.4, -0.2) is 22.2 Å². The van der Waals surface area contributed by atoms with Crippen molar-refractivity contribution in [1.29, 1.82) is 0 Å². The molecular weight excluding hydrogens is 289 g/mol. The number of ether oxygens (including phenoxy) is 1. The molecule has 0 aliphatic rings. The van der Waals surface area contributed by atoms with Gasteiger partial charge in [0.15, 0.2) is 6.10 Å². The molecule has 118 valence electrons. The van der Waals surface area contributed by atoms with E-state index in [1.54, 1.807) is 0 Å². The van der Waals surface area contributed by atoms with Gasteiger partial charge in [-0.15, -0.1) is 0 Å². The first-order chi connectivity index (χ1) is 9.84. The summed E-state index contributed by atoms with van der Waals surface area (Å²) in [6, 6.07) is 2.13. The molecule has 1 aromatic heterocycles. The number of nitro groups is 1. The largest absolute Gasteiger partial charge is 0.465 e. The fourth-order valence-corrected chi connectivity index (χ4v) is 1.74. The number of unbranched alkanes of at least 4 members (excludes halogenated alkanes) is 3. The van der Waals surface area contributed by atoms with Crippen LogP contribution in [0.2, 0.25) is 0 Å². The Balaban J connectivity index is 2.65. The molecule has 0 fully saturated rings. The minimum Gasteiger partial charge on any atom is -0.465 e. The quantitative estimate of drug-likeness (QED) is 0.409. The Bertz CT molecular complexity index is 449. The Morgan fingerprint density at radius 2 is 2.05 bits per heavy atom. The molecule has 0 saturated carbocycles. The van der Waals surface area contributed by atoms with Crippen molar-refractivity contribution in [1.82, 2.24) is 4.98 Å². The number of aromatic nitrogens is 1. The highest BCUT2D eigenvalue weighted by molar-refractivity contribution is 5.29. The fourth-order valence-electron chi connectivity index (χ4n) is 1.74. The van der Waals surface area contributed by atoms with Crippen LogP contribution < -0.4 is 4.74 Å². The van der Waals surface area contributed by atoms with Crippen molar-refractivity contribution in [2.24, 2.45) is 0 Å². The second kappa shape index (κ2) is 7.80. The zero-order chi connectivity index (χ0) is 15.9. The molecular formula is C13H17F3N2O3. The Hall–Kier alpha value is -1.86. The van der Waals surface area contributed by atoms with Crippen LogP contribution in [0.15, 0.2) is 18.3 Å². The van der Waals surface area contributed by atoms with Gasteiger partial charge >= 0.3 is 6.18 Å². The molecule has 5 nitrogen and oxygen atoms in total. The number of halogens is 3. The van der Waals surface area contributed by atoms with Crippen LogP contribution in [0, 0.1) is 10.1 Å². The van der Waals surface area contributed by atoms with Crippen molar-refractivity contribution < 1.29 is 22.8 Å². The van der Waals surface area contributed by atoms with Gasteiger partial charge in [-0.2, -0.15) is 13.2 Å². The predicted octanol–water partition coefficient (Wildman–Crippen LogP) is 4.27. The third kappa shape index (κ3) is 5.97. The van der Waals surface area contributed by atoms with E-state index >= 15 is 0 Å². The van der Waals surface area contributed by atoms with Gasteiger partial charge in [-0.05, 0) is 12.8 Å². The highest BCUT2D eigenvalue weighted by Gasteiger charge is 2.41. The van der Waals surface area contributed by atoms with E-state index in [2.05, 4.69) is 4.98 Å². The molecule has 1 unspecified atom stereocenters. The monoisotopic (exact) mass is 306 g/mol. The maximum Gasteiger partial charge on any atom is 0.425 e. The molecule has 0 radical (unpaired) electrons. The second-order valence-electron chi connectivity index (χ2n) is 4.61. The summed E-state index contributed by atoms with van der Waals surface area (Å²) in [5.41, 5.74) is -0.297. The van der Waals surface area contributed by atoms with Crippen molar-refractivity contribution in [2.75, 3.05) is 0 Å². The van der Waals surface area contributed by atoms with E-state index in [4.69, 9.17) is 4.74 Å². The molecule has 8 heteroatoms. The molecule has 1 heterocycles. The molecule has 0 spiro atoms. The summed E-state index contributed by atoms with van der Waals surface area (Å²) in [7, 11) is 0. The summed E-state index contributed by atoms with van der Waals surface area (Å²) in [6.07, 6.45) is -2.78. The van der Waals surface area contributed by atoms with Crippen LogP contribution >= 0.6 is 0 Å². The third-order valence-electron chi connectivity index (χ3n) is 2.88. The van der Waals surface area contributed by atoms with Crippen molar-refractivity contribution in [2.45, 2.75) is 51.3 Å². The second-order valence-corrected chi connectivity index (χ2v) is 4.61. The zero-order valence-corrected chi connectivity index (χ0v) is 11.6. The number of pyridine rings is 1. The van der Waals surface area contributed by atoms with Crippen molar-refractivity contribution in [3.05, 3.63) is 28.4 Å². The van der Waals surface area contributed by atoms with E-state index in [0.29, 0.717) is 12.8 Å². The lowest BCUT2D eigenvalue weighted by molar-refractivity contribution is -0.385. The lowest BCUT2D eigenvalue weighted by atomic mass is 10.1. The SMILES string of the molecule is CCCCCCC(Oc1ccc([N+](=O)[O-])cn1)C(F)(F)F. The molecule has 0 amide bonds. The Kier molecular flexibility index (Phi) is 6.39. The number of hydrogen-bond donors (Lipinski definition) is 0. The molecule has 0 bridgehead atoms. The van der Waals surface area contributed by atoms with Gasteiger partial charge in [-0.3, -0.25) is 10.1 Å². The maximum absolute atomic E-state index is 12.9. The van der Waals surface area contributed by atoms with E-state index in [9.17, 15) is 23.3 Å². The zero-order valence-electron chi connectivity index (χ0n) is 11.6. The summed E-state index contributed by atoms with van der Waals surface area (Å²) < 4.78 is 43.4. The van der Waals surface area contributed by atoms with Gasteiger partial charge in [-0.25, -0.2) is 4.98 Å². The van der Waals surface area contributed by atoms with Crippen molar-refractivity contribution in [3.8, 4) is 5.88 Å². The van der Waals surface area contributed by atoms with Gasteiger partial charge in [0.05, 0.1) is 4.92 Å². The Morgan fingerprint density at radius 3 is 2.52 bits per heavy atom. The van der Waals surface area contributed by atoms with Crippen LogP contribution in [0.5, 0.6) is 5.88 Å². The molecule has 1 rings (SSSR count). The summed E-state index contributed by atoms with van der Waals surface area (Å²) in [5.74, 6) is -0.265. The maximum atomic E-state index is 12.9. The van der Waals surface area contributed by atoms with E-state index in [-0.39, 0.29) is 18.0 Å². The Morgan fingerprint density at radius 1 is 1.33 bits per heavy atom. The van der Waals surface area contributed by atoms with Gasteiger partial charge in [0.25, 0.3) is 5.69 Å². The molecule has 21 heavy (non-hydrogen) atoms. The summed E-state index contributed by atoms with van der Waals surface area (Å²) in [4.78, 5) is 13.3. The van der Waals surface area contributed by atoms with E-state index in [1.165, 1.54) is 0 Å². The summed E-state index contributed by atoms with van der Waals surface area (Å²) in [5, 5.41) is 10.4. The fraction of sp³-hybridized carbons (Fsp3) is 0.615. The van der Waals surface area contributed by atoms with Crippen LogP contribution in [-0.2, 0) is 0 Å². The lowest BCUT2D eigenvalue weighted by Crippen LogP contribution is -2.34. The van der Waals surface area contributed by atoms with Gasteiger partial charge in [0, 0.05) is 12.1 Å². The molecule has 1 atom stereocenters. The lowest BCUT2D eigenvalue weighted by Gasteiger charge is -2.21. The number of alkyl halides is 3. The van der Waals surface area contributed by atoms with E-state index in [0.717, 1.165) is 31.2 Å². The third-order valence-corrected chi connectivity index (χ3v) is 2.88. The first-order valence-corrected chi connectivity index (χ1v) is 6.68. The number of hydrogen-bond acceptors (Lipinski definition) is 4. The van der Waals surface area contributed by atoms with Crippen LogP contribution in [0.25, 0.3) is 0 Å². The summed E-state index contributed by atoms with van der Waals surface area (Å²) >= 11 is 0. The average molecular weight is 306 g/mol. The first kappa shape index (κ1) is 17.2. The normalized spacial score (nSPS) is 13.0. The minimum atomic E-state index is -4.49. The molecule has 0 aromatic carbocycles. The molecule has 0 aliphatic heterocycles. The van der Waals surface area contributed by atoms with Gasteiger partial charge in [0.2, 0.25) is 5.88 Å². The van der Waals surface area contributed by atoms with E-state index < -0.39 is 17.2 Å². The van der Waals surface area contributed by atoms with Crippen molar-refractivity contribution >= 4 is 5.69 Å². The highest BCUT2D eigenvalue weighted by Crippen LogP contribution is 2.28. The smallest absolute Gasteiger partial charge is 0.425 e. The first-order valence-electron chi connectivity index (χ1n) is 6.68. The number of nitrogens with zero attached hydrogens (tertiary/aromatic N) is 2. The molecule has 0 aliphatic carbocycles. The van der Waals surface area contributed by atoms with Gasteiger partial charge in [-0.1, -0.05) is 26.2 Å². The Labute approximate surface area is 120 Å². The minimum absolute atomic E-state index is 0.151. The van der Waals surface area contributed by atoms with Gasteiger partial charge < -0.3 is 4.74 Å². The highest BCUT2D eigenvalue weighted by atomic mass is 19.4. The average Bonchev–Trinajstić information content (AvgIpc) is 2.41. The molecule has 0 N–H and O–H groups in total. The molecule has 1 aromatic rings. The molecule has 0 saturated heterocycles. The summed E-state index contributed by atoms with van der Waals surface area (Å²) in [6.45, 7) is 1.97. The van der Waals surface area contributed by atoms with Crippen LogP contribution in [0.4, 0.5) is 18.9 Å². The standard InChI is InChI=1S/C13H17F3N2O3/c1-2-3-4-5-6-11(13(14,15)16)21-12-8-7-10(9-17-12)18(19)20/h7-9,11H,2-6H2,1H3. The number of rotatable bonds is 8. The topological polar surface area (TPSA) is 65.3 Å². The predicted molar refractivity (Wildman–Crippen MR) is 70.1 cm³/mol. The van der Waals surface area contributed by atoms with Crippen molar-refractivity contribution in [3.63, 3.8) is 0 Å². The van der Waals surface area contributed by atoms with Crippen LogP contribution in [0.1, 0.15) is 39.0 Å². The van der Waals surface area contributed by atoms with Gasteiger partial charge in [0.1, 0.15) is 6.20 Å². The van der Waals surface area contributed by atoms with E-state index in [1.807, 2.05) is 6.92 Å². The van der Waals surface area contributed by atoms with Crippen LogP contribution in [0.3, 0.4) is 0 Å².